The molecule has 0 amide bonds. The maximum absolute atomic E-state index is 15.0. The Kier molecular flexibility index (Phi) is 7.39. The number of rotatable bonds is 8. The molecule has 1 aliphatic carbocycles. The van der Waals surface area contributed by atoms with Crippen molar-refractivity contribution in [3.63, 3.8) is 0 Å². The van der Waals surface area contributed by atoms with Crippen LogP contribution in [0.1, 0.15) is 48.7 Å². The fourth-order valence-electron chi connectivity index (χ4n) is 5.17. The first-order valence-corrected chi connectivity index (χ1v) is 12.6. The quantitative estimate of drug-likeness (QED) is 0.267. The van der Waals surface area contributed by atoms with Gasteiger partial charge in [-0.05, 0) is 31.0 Å². The van der Waals surface area contributed by atoms with Gasteiger partial charge in [-0.3, -0.25) is 9.48 Å². The number of hydrogen-bond acceptors (Lipinski definition) is 5. The lowest BCUT2D eigenvalue weighted by atomic mass is 9.78. The average molecular weight is 565 g/mol. The second-order valence-corrected chi connectivity index (χ2v) is 9.73. The summed E-state index contributed by atoms with van der Waals surface area (Å²) in [4.78, 5) is 16.8. The van der Waals surface area contributed by atoms with E-state index in [0.29, 0.717) is 41.5 Å². The fraction of sp³-hybridized carbons (Fsp3) is 0.370. The molecule has 1 saturated carbocycles. The van der Waals surface area contributed by atoms with Crippen LogP contribution in [0.3, 0.4) is 0 Å². The van der Waals surface area contributed by atoms with E-state index in [4.69, 9.17) is 9.72 Å². The van der Waals surface area contributed by atoms with Crippen molar-refractivity contribution in [1.82, 2.24) is 19.3 Å². The molecule has 212 valence electrons. The van der Waals surface area contributed by atoms with Crippen molar-refractivity contribution in [2.24, 2.45) is 13.0 Å². The fourth-order valence-corrected chi connectivity index (χ4v) is 5.17. The van der Waals surface area contributed by atoms with Crippen LogP contribution in [0, 0.1) is 17.6 Å². The molecule has 0 radical (unpaired) electrons. The molecule has 4 aromatic rings. The normalized spacial score (nSPS) is 17.8. The second kappa shape index (κ2) is 10.8. The summed E-state index contributed by atoms with van der Waals surface area (Å²) in [5.41, 5.74) is 1.16. The molecule has 0 spiro atoms. The van der Waals surface area contributed by atoms with Crippen molar-refractivity contribution < 1.29 is 41.3 Å². The number of benzene rings is 2. The zero-order valence-corrected chi connectivity index (χ0v) is 21.3. The van der Waals surface area contributed by atoms with Gasteiger partial charge in [0, 0.05) is 30.7 Å². The van der Waals surface area contributed by atoms with Crippen molar-refractivity contribution in [3.05, 3.63) is 71.3 Å². The number of aryl methyl sites for hydroxylation is 1. The number of carboxylic acid groups (broad SMARTS) is 1. The zero-order valence-electron chi connectivity index (χ0n) is 21.3. The molecule has 0 saturated heterocycles. The standard InChI is InChI=1S/C27H25F5N4O4/c1-35-13-21(29)23(34-35)14-39-16-8-9-22-24(11-16)36(25(33-22)18-4-2-3-5-19(18)26(37)38)12-15-6-7-17(10-20(15)28)40-27(30,31)32/h6-11,13,18-19H,2-5,12,14H2,1H3,(H,37,38)/t18-,19+/m0/s1. The Balaban J connectivity index is 1.53. The lowest BCUT2D eigenvalue weighted by Gasteiger charge is -2.28. The van der Waals surface area contributed by atoms with E-state index in [1.807, 2.05) is 0 Å². The van der Waals surface area contributed by atoms with Crippen LogP contribution in [0.15, 0.2) is 42.6 Å². The van der Waals surface area contributed by atoms with Crippen LogP contribution in [0.25, 0.3) is 11.0 Å². The Labute approximate surface area is 224 Å². The molecule has 2 atom stereocenters. The number of imidazole rings is 1. The minimum Gasteiger partial charge on any atom is -0.487 e. The van der Waals surface area contributed by atoms with Gasteiger partial charge in [0.25, 0.3) is 0 Å². The first kappa shape index (κ1) is 27.4. The predicted molar refractivity (Wildman–Crippen MR) is 132 cm³/mol. The summed E-state index contributed by atoms with van der Waals surface area (Å²) in [7, 11) is 1.58. The third kappa shape index (κ3) is 5.87. The summed E-state index contributed by atoms with van der Waals surface area (Å²) in [6, 6.07) is 7.77. The summed E-state index contributed by atoms with van der Waals surface area (Å²) in [6.45, 7) is -0.288. The molecular weight excluding hydrogens is 539 g/mol. The first-order valence-electron chi connectivity index (χ1n) is 12.6. The summed E-state index contributed by atoms with van der Waals surface area (Å²) < 4.78 is 79.4. The largest absolute Gasteiger partial charge is 0.573 e. The minimum atomic E-state index is -4.97. The molecule has 2 aromatic carbocycles. The molecule has 1 aliphatic rings. The molecule has 2 aromatic heterocycles. The van der Waals surface area contributed by atoms with Crippen LogP contribution in [-0.2, 0) is 25.0 Å². The molecule has 0 unspecified atom stereocenters. The molecule has 0 bridgehead atoms. The van der Waals surface area contributed by atoms with Gasteiger partial charge in [0.15, 0.2) is 5.82 Å². The van der Waals surface area contributed by atoms with Crippen molar-refractivity contribution in [3.8, 4) is 11.5 Å². The van der Waals surface area contributed by atoms with E-state index in [1.54, 1.807) is 29.8 Å². The summed E-state index contributed by atoms with van der Waals surface area (Å²) in [5, 5.41) is 13.9. The van der Waals surface area contributed by atoms with E-state index >= 15 is 0 Å². The maximum Gasteiger partial charge on any atom is 0.573 e. The second-order valence-electron chi connectivity index (χ2n) is 9.73. The van der Waals surface area contributed by atoms with Crippen LogP contribution in [0.4, 0.5) is 22.0 Å². The van der Waals surface area contributed by atoms with E-state index in [-0.39, 0.29) is 24.4 Å². The van der Waals surface area contributed by atoms with Gasteiger partial charge in [0.1, 0.15) is 35.4 Å². The molecule has 8 nitrogen and oxygen atoms in total. The summed E-state index contributed by atoms with van der Waals surface area (Å²) in [6.07, 6.45) is -1.19. The van der Waals surface area contributed by atoms with E-state index < -0.39 is 41.6 Å². The highest BCUT2D eigenvalue weighted by Gasteiger charge is 2.36. The van der Waals surface area contributed by atoms with Gasteiger partial charge >= 0.3 is 12.3 Å². The number of ether oxygens (including phenoxy) is 2. The van der Waals surface area contributed by atoms with E-state index in [9.17, 15) is 31.9 Å². The number of aliphatic carboxylic acids is 1. The smallest absolute Gasteiger partial charge is 0.487 e. The Hall–Kier alpha value is -4.16. The van der Waals surface area contributed by atoms with Crippen molar-refractivity contribution in [2.75, 3.05) is 0 Å². The minimum absolute atomic E-state index is 0.0552. The van der Waals surface area contributed by atoms with E-state index in [1.165, 1.54) is 16.9 Å². The Morgan fingerprint density at radius 2 is 1.82 bits per heavy atom. The lowest BCUT2D eigenvalue weighted by Crippen LogP contribution is -2.28. The number of alkyl halides is 3. The van der Waals surface area contributed by atoms with E-state index in [2.05, 4.69) is 9.84 Å². The highest BCUT2D eigenvalue weighted by molar-refractivity contribution is 5.79. The number of fused-ring (bicyclic) bond motifs is 1. The molecule has 1 N–H and O–H groups in total. The Morgan fingerprint density at radius 3 is 2.50 bits per heavy atom. The highest BCUT2D eigenvalue weighted by atomic mass is 19.4. The molecule has 2 heterocycles. The van der Waals surface area contributed by atoms with Crippen LogP contribution in [-0.4, -0.2) is 36.8 Å². The SMILES string of the molecule is Cn1cc(F)c(COc2ccc3nc([C@H]4CCCC[C@H]4C(=O)O)n(Cc4ccc(OC(F)(F)F)cc4F)c3c2)n1. The molecule has 13 heteroatoms. The van der Waals surface area contributed by atoms with Gasteiger partial charge in [-0.25, -0.2) is 13.8 Å². The number of carbonyl (C=O) groups is 1. The average Bonchev–Trinajstić information content (AvgIpc) is 3.41. The zero-order chi connectivity index (χ0) is 28.6. The van der Waals surface area contributed by atoms with E-state index in [0.717, 1.165) is 18.9 Å². The number of halogens is 5. The third-order valence-corrected chi connectivity index (χ3v) is 6.98. The predicted octanol–water partition coefficient (Wildman–Crippen LogP) is 5.93. The van der Waals surface area contributed by atoms with Gasteiger partial charge in [-0.2, -0.15) is 5.10 Å². The van der Waals surface area contributed by atoms with Gasteiger partial charge < -0.3 is 19.1 Å². The number of hydrogen-bond donors (Lipinski definition) is 1. The molecule has 40 heavy (non-hydrogen) atoms. The van der Waals surface area contributed by atoms with Crippen LogP contribution in [0.2, 0.25) is 0 Å². The first-order chi connectivity index (χ1) is 19.0. The van der Waals surface area contributed by atoms with Gasteiger partial charge in [-0.1, -0.05) is 18.9 Å². The van der Waals surface area contributed by atoms with Crippen LogP contribution >= 0.6 is 0 Å². The Bertz CT molecular complexity index is 1550. The van der Waals surface area contributed by atoms with Crippen LogP contribution < -0.4 is 9.47 Å². The van der Waals surface area contributed by atoms with Gasteiger partial charge in [0.2, 0.25) is 0 Å². The molecule has 5 rings (SSSR count). The molecule has 1 fully saturated rings. The summed E-state index contributed by atoms with van der Waals surface area (Å²) >= 11 is 0. The molecular formula is C27H25F5N4O4. The lowest BCUT2D eigenvalue weighted by molar-refractivity contribution is -0.274. The van der Waals surface area contributed by atoms with Crippen LogP contribution in [0.5, 0.6) is 11.5 Å². The van der Waals surface area contributed by atoms with Gasteiger partial charge in [-0.15, -0.1) is 13.2 Å². The van der Waals surface area contributed by atoms with Crippen molar-refractivity contribution in [1.29, 1.82) is 0 Å². The monoisotopic (exact) mass is 564 g/mol. The topological polar surface area (TPSA) is 91.4 Å². The maximum atomic E-state index is 15.0. The third-order valence-electron chi connectivity index (χ3n) is 6.98. The summed E-state index contributed by atoms with van der Waals surface area (Å²) in [5.74, 6) is -3.47. The molecule has 0 aliphatic heterocycles. The van der Waals surface area contributed by atoms with Gasteiger partial charge in [0.05, 0.1) is 29.7 Å². The Morgan fingerprint density at radius 1 is 1.07 bits per heavy atom. The van der Waals surface area contributed by atoms with Crippen molar-refractivity contribution >= 4 is 17.0 Å². The van der Waals surface area contributed by atoms with Crippen molar-refractivity contribution in [2.45, 2.75) is 51.1 Å². The number of nitrogens with zero attached hydrogens (tertiary/aromatic N) is 4. The highest BCUT2D eigenvalue weighted by Crippen LogP contribution is 2.40. The number of aromatic nitrogens is 4. The number of carboxylic acids is 1.